The molecular weight excluding hydrogens is 330 g/mol. The third-order valence-corrected chi connectivity index (χ3v) is 4.99. The van der Waals surface area contributed by atoms with Crippen LogP contribution in [0.1, 0.15) is 24.8 Å². The highest BCUT2D eigenvalue weighted by atomic mass is 79.9. The van der Waals surface area contributed by atoms with Gasteiger partial charge in [0.15, 0.2) is 0 Å². The van der Waals surface area contributed by atoms with E-state index in [0.717, 1.165) is 39.7 Å². The average Bonchev–Trinajstić information content (AvgIpc) is 2.97. The van der Waals surface area contributed by atoms with E-state index in [0.29, 0.717) is 0 Å². The number of rotatable bonds is 7. The molecule has 0 radical (unpaired) electrons. The van der Waals surface area contributed by atoms with Crippen LogP contribution < -0.4 is 5.32 Å². The van der Waals surface area contributed by atoms with Crippen molar-refractivity contribution in [2.75, 3.05) is 13.1 Å². The molecule has 0 unspecified atom stereocenters. The van der Waals surface area contributed by atoms with Crippen molar-refractivity contribution in [1.82, 2.24) is 15.5 Å². The van der Waals surface area contributed by atoms with Gasteiger partial charge in [0, 0.05) is 17.4 Å². The second kappa shape index (κ2) is 7.33. The summed E-state index contributed by atoms with van der Waals surface area (Å²) in [5, 5.41) is 16.2. The highest BCUT2D eigenvalue weighted by molar-refractivity contribution is 9.11. The lowest BCUT2D eigenvalue weighted by Crippen LogP contribution is -2.16. The van der Waals surface area contributed by atoms with Crippen molar-refractivity contribution in [2.24, 2.45) is 0 Å². The zero-order chi connectivity index (χ0) is 12.8. The third kappa shape index (κ3) is 4.12. The maximum Gasteiger partial charge on any atom is 0.148 e. The summed E-state index contributed by atoms with van der Waals surface area (Å²) in [5.74, 6) is 0. The summed E-state index contributed by atoms with van der Waals surface area (Å²) in [6.45, 7) is 4.35. The van der Waals surface area contributed by atoms with Crippen LogP contribution >= 0.6 is 38.6 Å². The Kier molecular flexibility index (Phi) is 5.75. The molecule has 6 heteroatoms. The molecule has 0 saturated carbocycles. The summed E-state index contributed by atoms with van der Waals surface area (Å²) >= 11 is 6.85. The van der Waals surface area contributed by atoms with Gasteiger partial charge >= 0.3 is 0 Å². The molecule has 0 bridgehead atoms. The van der Waals surface area contributed by atoms with Gasteiger partial charge in [-0.2, -0.15) is 0 Å². The lowest BCUT2D eigenvalue weighted by molar-refractivity contribution is 0.637. The molecule has 2 heterocycles. The second-order valence-electron chi connectivity index (χ2n) is 3.99. The van der Waals surface area contributed by atoms with Crippen LogP contribution in [-0.2, 0) is 6.42 Å². The molecule has 0 saturated heterocycles. The number of aromatic nitrogens is 2. The maximum atomic E-state index is 4.25. The van der Waals surface area contributed by atoms with Crippen molar-refractivity contribution >= 4 is 38.6 Å². The van der Waals surface area contributed by atoms with E-state index in [9.17, 15) is 0 Å². The lowest BCUT2D eigenvalue weighted by atomic mass is 10.3. The molecule has 18 heavy (non-hydrogen) atoms. The van der Waals surface area contributed by atoms with Gasteiger partial charge in [0.25, 0.3) is 0 Å². The second-order valence-corrected chi connectivity index (χ2v) is 7.35. The van der Waals surface area contributed by atoms with Crippen molar-refractivity contribution in [3.8, 4) is 10.6 Å². The van der Waals surface area contributed by atoms with Gasteiger partial charge in [-0.05, 0) is 47.9 Å². The summed E-state index contributed by atoms with van der Waals surface area (Å²) in [4.78, 5) is 0. The molecule has 0 spiro atoms. The predicted octanol–water partition coefficient (Wildman–Crippen LogP) is 3.96. The Balaban J connectivity index is 1.83. The van der Waals surface area contributed by atoms with Crippen LogP contribution in [0.5, 0.6) is 0 Å². The van der Waals surface area contributed by atoms with Crippen LogP contribution in [0.4, 0.5) is 0 Å². The number of hydrogen-bond donors (Lipinski definition) is 1. The first-order valence-electron chi connectivity index (χ1n) is 6.07. The average molecular weight is 346 g/mol. The van der Waals surface area contributed by atoms with Crippen LogP contribution in [0.25, 0.3) is 10.6 Å². The molecule has 0 fully saturated rings. The van der Waals surface area contributed by atoms with Crippen molar-refractivity contribution in [2.45, 2.75) is 26.2 Å². The van der Waals surface area contributed by atoms with E-state index in [2.05, 4.69) is 49.8 Å². The zero-order valence-electron chi connectivity index (χ0n) is 10.3. The number of nitrogens with zero attached hydrogens (tertiary/aromatic N) is 2. The number of hydrogen-bond acceptors (Lipinski definition) is 5. The van der Waals surface area contributed by atoms with E-state index in [-0.39, 0.29) is 0 Å². The normalized spacial score (nSPS) is 11.0. The Hall–Kier alpha value is -0.300. The SMILES string of the molecule is CCCNCCCc1nnc(-c2csc(Br)c2)s1. The largest absolute Gasteiger partial charge is 0.317 e. The Labute approximate surface area is 124 Å². The predicted molar refractivity (Wildman–Crippen MR) is 82.4 cm³/mol. The van der Waals surface area contributed by atoms with Crippen molar-refractivity contribution in [1.29, 1.82) is 0 Å². The van der Waals surface area contributed by atoms with Crippen LogP contribution in [0.2, 0.25) is 0 Å². The molecule has 0 aliphatic carbocycles. The third-order valence-electron chi connectivity index (χ3n) is 2.45. The van der Waals surface area contributed by atoms with Gasteiger partial charge in [-0.25, -0.2) is 0 Å². The van der Waals surface area contributed by atoms with E-state index in [1.54, 1.807) is 22.7 Å². The number of halogens is 1. The van der Waals surface area contributed by atoms with Crippen molar-refractivity contribution in [3.05, 3.63) is 20.2 Å². The molecule has 1 N–H and O–H groups in total. The molecule has 0 aliphatic rings. The minimum atomic E-state index is 1.01. The quantitative estimate of drug-likeness (QED) is 0.771. The van der Waals surface area contributed by atoms with Gasteiger partial charge in [0.2, 0.25) is 0 Å². The molecule has 0 amide bonds. The van der Waals surface area contributed by atoms with Crippen molar-refractivity contribution < 1.29 is 0 Å². The van der Waals surface area contributed by atoms with Gasteiger partial charge in [-0.1, -0.05) is 18.3 Å². The molecule has 2 aromatic rings. The topological polar surface area (TPSA) is 37.8 Å². The Bertz CT molecular complexity index is 481. The van der Waals surface area contributed by atoms with E-state index in [1.165, 1.54) is 12.0 Å². The van der Waals surface area contributed by atoms with Gasteiger partial charge in [-0.3, -0.25) is 0 Å². The summed E-state index contributed by atoms with van der Waals surface area (Å²) in [5.41, 5.74) is 1.17. The summed E-state index contributed by atoms with van der Waals surface area (Å²) in [7, 11) is 0. The van der Waals surface area contributed by atoms with Crippen LogP contribution in [0.3, 0.4) is 0 Å². The minimum absolute atomic E-state index is 1.01. The van der Waals surface area contributed by atoms with E-state index >= 15 is 0 Å². The van der Waals surface area contributed by atoms with Gasteiger partial charge < -0.3 is 5.32 Å². The van der Waals surface area contributed by atoms with E-state index < -0.39 is 0 Å². The van der Waals surface area contributed by atoms with Crippen LogP contribution in [0, 0.1) is 0 Å². The van der Waals surface area contributed by atoms with Gasteiger partial charge in [0.1, 0.15) is 10.0 Å². The van der Waals surface area contributed by atoms with E-state index in [4.69, 9.17) is 0 Å². The van der Waals surface area contributed by atoms with Crippen LogP contribution in [0.15, 0.2) is 15.2 Å². The molecule has 3 nitrogen and oxygen atoms in total. The first-order valence-corrected chi connectivity index (χ1v) is 8.56. The summed E-state index contributed by atoms with van der Waals surface area (Å²) in [6.07, 6.45) is 3.33. The Morgan fingerprint density at radius 1 is 1.33 bits per heavy atom. The van der Waals surface area contributed by atoms with Crippen molar-refractivity contribution in [3.63, 3.8) is 0 Å². The summed E-state index contributed by atoms with van der Waals surface area (Å²) < 4.78 is 1.14. The molecule has 0 aliphatic heterocycles. The monoisotopic (exact) mass is 345 g/mol. The number of thiophene rings is 1. The first kappa shape index (κ1) is 14.1. The Morgan fingerprint density at radius 3 is 2.94 bits per heavy atom. The van der Waals surface area contributed by atoms with Crippen LogP contribution in [-0.4, -0.2) is 23.3 Å². The molecule has 0 aromatic carbocycles. The van der Waals surface area contributed by atoms with E-state index in [1.807, 2.05) is 0 Å². The molecular formula is C12H16BrN3S2. The number of aryl methyl sites for hydroxylation is 1. The lowest BCUT2D eigenvalue weighted by Gasteiger charge is -1.99. The zero-order valence-corrected chi connectivity index (χ0v) is 13.5. The highest BCUT2D eigenvalue weighted by Gasteiger charge is 2.08. The fourth-order valence-electron chi connectivity index (χ4n) is 1.56. The number of nitrogens with one attached hydrogen (secondary N) is 1. The first-order chi connectivity index (χ1) is 8.79. The maximum absolute atomic E-state index is 4.25. The standard InChI is InChI=1S/C12H16BrN3S2/c1-2-5-14-6-3-4-11-15-16-12(18-11)9-7-10(13)17-8-9/h7-8,14H,2-6H2,1H3. The molecule has 2 aromatic heterocycles. The Morgan fingerprint density at radius 2 is 2.22 bits per heavy atom. The minimum Gasteiger partial charge on any atom is -0.317 e. The van der Waals surface area contributed by atoms with Gasteiger partial charge in [0.05, 0.1) is 3.79 Å². The fourth-order valence-corrected chi connectivity index (χ4v) is 3.64. The summed E-state index contributed by atoms with van der Waals surface area (Å²) in [6, 6.07) is 2.10. The van der Waals surface area contributed by atoms with Gasteiger partial charge in [-0.15, -0.1) is 21.5 Å². The smallest absolute Gasteiger partial charge is 0.148 e. The molecule has 2 rings (SSSR count). The molecule has 0 atom stereocenters. The highest BCUT2D eigenvalue weighted by Crippen LogP contribution is 2.30. The fraction of sp³-hybridized carbons (Fsp3) is 0.500. The molecule has 98 valence electrons.